The zero-order chi connectivity index (χ0) is 10.6. The van der Waals surface area contributed by atoms with E-state index in [1.165, 1.54) is 19.6 Å². The van der Waals surface area contributed by atoms with Gasteiger partial charge >= 0.3 is 0 Å². The Labute approximate surface area is 83.0 Å². The SMILES string of the molecule is COCCNS(=O)(=O)c1cn(C)cn1. The van der Waals surface area contributed by atoms with Gasteiger partial charge in [-0.15, -0.1) is 0 Å². The minimum atomic E-state index is -3.47. The molecule has 0 aromatic carbocycles. The van der Waals surface area contributed by atoms with Crippen molar-refractivity contribution in [2.24, 2.45) is 7.05 Å². The van der Waals surface area contributed by atoms with Crippen LogP contribution >= 0.6 is 0 Å². The lowest BCUT2D eigenvalue weighted by atomic mass is 10.7. The van der Waals surface area contributed by atoms with Gasteiger partial charge in [0.25, 0.3) is 10.0 Å². The largest absolute Gasteiger partial charge is 0.383 e. The van der Waals surface area contributed by atoms with Gasteiger partial charge < -0.3 is 9.30 Å². The Bertz CT molecular complexity index is 385. The second-order valence-corrected chi connectivity index (χ2v) is 4.48. The first-order valence-electron chi connectivity index (χ1n) is 4.03. The first-order valence-corrected chi connectivity index (χ1v) is 5.51. The average molecular weight is 219 g/mol. The molecule has 0 aliphatic rings. The molecular formula is C7H13N3O3S. The predicted molar refractivity (Wildman–Crippen MR) is 50.3 cm³/mol. The van der Waals surface area contributed by atoms with Gasteiger partial charge in [-0.2, -0.15) is 0 Å². The van der Waals surface area contributed by atoms with E-state index >= 15 is 0 Å². The summed E-state index contributed by atoms with van der Waals surface area (Å²) in [4.78, 5) is 3.74. The third-order valence-corrected chi connectivity index (χ3v) is 2.90. The summed E-state index contributed by atoms with van der Waals surface area (Å²) in [5, 5.41) is 0.0242. The van der Waals surface area contributed by atoms with E-state index in [0.29, 0.717) is 6.61 Å². The molecule has 80 valence electrons. The lowest BCUT2D eigenvalue weighted by molar-refractivity contribution is 0.204. The number of rotatable bonds is 5. The summed E-state index contributed by atoms with van der Waals surface area (Å²) in [6.07, 6.45) is 2.88. The maximum absolute atomic E-state index is 11.5. The van der Waals surface area contributed by atoms with E-state index in [0.717, 1.165) is 0 Å². The number of imidazole rings is 1. The average Bonchev–Trinajstić information content (AvgIpc) is 2.53. The molecule has 6 nitrogen and oxygen atoms in total. The van der Waals surface area contributed by atoms with E-state index in [1.54, 1.807) is 11.6 Å². The van der Waals surface area contributed by atoms with Crippen LogP contribution in [0.1, 0.15) is 0 Å². The van der Waals surface area contributed by atoms with Crippen LogP contribution in [-0.4, -0.2) is 38.2 Å². The molecule has 0 fully saturated rings. The molecule has 0 bridgehead atoms. The van der Waals surface area contributed by atoms with Crippen molar-refractivity contribution in [3.8, 4) is 0 Å². The summed E-state index contributed by atoms with van der Waals surface area (Å²) in [6.45, 7) is 0.585. The molecule has 1 aromatic rings. The minimum absolute atomic E-state index is 0.0242. The minimum Gasteiger partial charge on any atom is -0.383 e. The molecule has 0 aliphatic carbocycles. The number of aromatic nitrogens is 2. The smallest absolute Gasteiger partial charge is 0.259 e. The van der Waals surface area contributed by atoms with Gasteiger partial charge in [0.15, 0.2) is 5.03 Å². The van der Waals surface area contributed by atoms with Gasteiger partial charge in [-0.05, 0) is 0 Å². The molecule has 0 spiro atoms. The van der Waals surface area contributed by atoms with E-state index in [-0.39, 0.29) is 11.6 Å². The molecule has 0 unspecified atom stereocenters. The molecule has 0 aliphatic heterocycles. The number of methoxy groups -OCH3 is 1. The summed E-state index contributed by atoms with van der Waals surface area (Å²) in [5.41, 5.74) is 0. The summed E-state index contributed by atoms with van der Waals surface area (Å²) >= 11 is 0. The molecule has 0 amide bonds. The van der Waals surface area contributed by atoms with E-state index in [2.05, 4.69) is 9.71 Å². The number of hydrogen-bond donors (Lipinski definition) is 1. The highest BCUT2D eigenvalue weighted by Gasteiger charge is 2.15. The Morgan fingerprint density at radius 2 is 2.36 bits per heavy atom. The lowest BCUT2D eigenvalue weighted by Gasteiger charge is -2.02. The van der Waals surface area contributed by atoms with Crippen LogP contribution in [0.15, 0.2) is 17.6 Å². The van der Waals surface area contributed by atoms with Crippen LogP contribution in [0.5, 0.6) is 0 Å². The molecule has 1 heterocycles. The molecule has 0 radical (unpaired) electrons. The second kappa shape index (κ2) is 4.54. The van der Waals surface area contributed by atoms with Crippen molar-refractivity contribution in [3.63, 3.8) is 0 Å². The van der Waals surface area contributed by atoms with Gasteiger partial charge in [-0.1, -0.05) is 0 Å². The first-order chi connectivity index (χ1) is 6.56. The van der Waals surface area contributed by atoms with Crippen molar-refractivity contribution in [2.75, 3.05) is 20.3 Å². The van der Waals surface area contributed by atoms with Crippen molar-refractivity contribution in [1.29, 1.82) is 0 Å². The Kier molecular flexibility index (Phi) is 3.62. The molecule has 14 heavy (non-hydrogen) atoms. The van der Waals surface area contributed by atoms with Crippen molar-refractivity contribution >= 4 is 10.0 Å². The zero-order valence-electron chi connectivity index (χ0n) is 8.10. The highest BCUT2D eigenvalue weighted by Crippen LogP contribution is 2.02. The Hall–Kier alpha value is -0.920. The van der Waals surface area contributed by atoms with Crippen LogP contribution in [-0.2, 0) is 21.8 Å². The van der Waals surface area contributed by atoms with E-state index in [4.69, 9.17) is 4.74 Å². The zero-order valence-corrected chi connectivity index (χ0v) is 8.91. The van der Waals surface area contributed by atoms with Crippen LogP contribution in [0, 0.1) is 0 Å². The summed E-state index contributed by atoms with van der Waals surface area (Å²) in [5.74, 6) is 0. The number of nitrogens with one attached hydrogen (secondary N) is 1. The van der Waals surface area contributed by atoms with Gasteiger partial charge in [0, 0.05) is 26.9 Å². The van der Waals surface area contributed by atoms with Gasteiger partial charge in [0.2, 0.25) is 0 Å². The van der Waals surface area contributed by atoms with E-state index in [1.807, 2.05) is 0 Å². The van der Waals surface area contributed by atoms with Gasteiger partial charge in [-0.3, -0.25) is 0 Å². The van der Waals surface area contributed by atoms with Gasteiger partial charge in [0.05, 0.1) is 12.9 Å². The molecule has 0 saturated carbocycles. The third kappa shape index (κ3) is 2.79. The first kappa shape index (κ1) is 11.2. The third-order valence-electron chi connectivity index (χ3n) is 1.55. The van der Waals surface area contributed by atoms with Gasteiger partial charge in [0.1, 0.15) is 0 Å². The Morgan fingerprint density at radius 1 is 1.64 bits per heavy atom. The molecule has 1 rings (SSSR count). The van der Waals surface area contributed by atoms with Crippen LogP contribution in [0.2, 0.25) is 0 Å². The van der Waals surface area contributed by atoms with Crippen LogP contribution in [0.4, 0.5) is 0 Å². The summed E-state index contributed by atoms with van der Waals surface area (Å²) < 4.78 is 31.6. The number of sulfonamides is 1. The predicted octanol–water partition coefficient (Wildman–Crippen LogP) is -0.655. The van der Waals surface area contributed by atoms with Crippen LogP contribution < -0.4 is 4.72 Å². The van der Waals surface area contributed by atoms with Crippen molar-refractivity contribution in [2.45, 2.75) is 5.03 Å². The Balaban J connectivity index is 2.66. The molecule has 0 saturated heterocycles. The van der Waals surface area contributed by atoms with Crippen LogP contribution in [0.25, 0.3) is 0 Å². The quantitative estimate of drug-likeness (QED) is 0.667. The highest BCUT2D eigenvalue weighted by atomic mass is 32.2. The molecule has 0 atom stereocenters. The molecule has 1 N–H and O–H groups in total. The van der Waals surface area contributed by atoms with Crippen molar-refractivity contribution in [1.82, 2.24) is 14.3 Å². The molecule has 1 aromatic heterocycles. The Morgan fingerprint density at radius 3 is 2.86 bits per heavy atom. The fourth-order valence-electron chi connectivity index (χ4n) is 0.880. The fourth-order valence-corrected chi connectivity index (χ4v) is 1.87. The maximum Gasteiger partial charge on any atom is 0.259 e. The van der Waals surface area contributed by atoms with E-state index in [9.17, 15) is 8.42 Å². The monoisotopic (exact) mass is 219 g/mol. The summed E-state index contributed by atoms with van der Waals surface area (Å²) in [6, 6.07) is 0. The summed E-state index contributed by atoms with van der Waals surface area (Å²) in [7, 11) is -0.255. The van der Waals surface area contributed by atoms with E-state index < -0.39 is 10.0 Å². The fraction of sp³-hybridized carbons (Fsp3) is 0.571. The highest BCUT2D eigenvalue weighted by molar-refractivity contribution is 7.89. The number of ether oxygens (including phenoxy) is 1. The topological polar surface area (TPSA) is 73.2 Å². The normalized spacial score (nSPS) is 11.9. The standard InChI is InChI=1S/C7H13N3O3S/c1-10-5-7(8-6-10)14(11,12)9-3-4-13-2/h5-6,9H,3-4H2,1-2H3. The second-order valence-electron chi connectivity index (χ2n) is 2.77. The van der Waals surface area contributed by atoms with Crippen LogP contribution in [0.3, 0.4) is 0 Å². The van der Waals surface area contributed by atoms with Gasteiger partial charge in [-0.25, -0.2) is 18.1 Å². The van der Waals surface area contributed by atoms with Crippen molar-refractivity contribution in [3.05, 3.63) is 12.5 Å². The maximum atomic E-state index is 11.5. The number of nitrogens with zero attached hydrogens (tertiary/aromatic N) is 2. The lowest BCUT2D eigenvalue weighted by Crippen LogP contribution is -2.27. The molecule has 7 heteroatoms. The number of hydrogen-bond acceptors (Lipinski definition) is 4. The molecular weight excluding hydrogens is 206 g/mol. The van der Waals surface area contributed by atoms with Crippen molar-refractivity contribution < 1.29 is 13.2 Å². The number of aryl methyl sites for hydroxylation is 1.